The summed E-state index contributed by atoms with van der Waals surface area (Å²) in [5, 5.41) is 13.8. The zero-order chi connectivity index (χ0) is 13.7. The Balaban J connectivity index is 2.16. The Kier molecular flexibility index (Phi) is 5.12. The fourth-order valence-electron chi connectivity index (χ4n) is 1.72. The highest BCUT2D eigenvalue weighted by Crippen LogP contribution is 2.37. The Morgan fingerprint density at radius 2 is 2.00 bits per heavy atom. The van der Waals surface area contributed by atoms with Gasteiger partial charge in [0.1, 0.15) is 6.04 Å². The average molecular weight is 256 g/mol. The van der Waals surface area contributed by atoms with Crippen molar-refractivity contribution in [3.05, 3.63) is 0 Å². The number of rotatable bonds is 7. The van der Waals surface area contributed by atoms with Crippen LogP contribution in [0.15, 0.2) is 0 Å². The lowest BCUT2D eigenvalue weighted by Crippen LogP contribution is -2.41. The Morgan fingerprint density at radius 3 is 2.44 bits per heavy atom. The van der Waals surface area contributed by atoms with Gasteiger partial charge in [-0.15, -0.1) is 0 Å². The van der Waals surface area contributed by atoms with Crippen molar-refractivity contribution in [2.75, 3.05) is 6.54 Å². The molecule has 0 aromatic heterocycles. The fourth-order valence-corrected chi connectivity index (χ4v) is 1.72. The topological polar surface area (TPSA) is 95.5 Å². The minimum Gasteiger partial charge on any atom is -0.480 e. The molecule has 0 spiro atoms. The van der Waals surface area contributed by atoms with Crippen molar-refractivity contribution in [2.24, 2.45) is 11.8 Å². The van der Waals surface area contributed by atoms with Gasteiger partial charge in [0.15, 0.2) is 0 Å². The summed E-state index contributed by atoms with van der Waals surface area (Å²) in [7, 11) is 0. The number of carbonyl (C=O) groups is 3. The number of amides is 2. The van der Waals surface area contributed by atoms with Crippen LogP contribution < -0.4 is 10.6 Å². The van der Waals surface area contributed by atoms with Crippen molar-refractivity contribution in [1.82, 2.24) is 10.6 Å². The fraction of sp³-hybridized carbons (Fsp3) is 0.750. The van der Waals surface area contributed by atoms with Gasteiger partial charge < -0.3 is 15.7 Å². The van der Waals surface area contributed by atoms with Crippen LogP contribution in [0.4, 0.5) is 0 Å². The van der Waals surface area contributed by atoms with E-state index in [2.05, 4.69) is 10.6 Å². The summed E-state index contributed by atoms with van der Waals surface area (Å²) in [5.41, 5.74) is 0. The molecule has 0 radical (unpaired) electrons. The number of aliphatic carboxylic acids is 1. The number of carboxylic acid groups (broad SMARTS) is 1. The monoisotopic (exact) mass is 256 g/mol. The molecule has 0 aromatic rings. The smallest absolute Gasteiger partial charge is 0.326 e. The van der Waals surface area contributed by atoms with E-state index < -0.39 is 12.0 Å². The lowest BCUT2D eigenvalue weighted by molar-refractivity contribution is -0.142. The molecular formula is C12H20N2O4. The van der Waals surface area contributed by atoms with Crippen molar-refractivity contribution in [3.63, 3.8) is 0 Å². The minimum absolute atomic E-state index is 0.0134. The molecule has 0 heterocycles. The molecule has 1 fully saturated rings. The number of nitrogens with one attached hydrogen (secondary N) is 2. The largest absolute Gasteiger partial charge is 0.480 e. The number of carboxylic acids is 1. The maximum Gasteiger partial charge on any atom is 0.326 e. The lowest BCUT2D eigenvalue weighted by Gasteiger charge is -2.12. The number of carbonyl (C=O) groups excluding carboxylic acids is 2. The summed E-state index contributed by atoms with van der Waals surface area (Å²) in [6, 6.07) is -0.850. The molecule has 6 heteroatoms. The van der Waals surface area contributed by atoms with Crippen molar-refractivity contribution in [2.45, 2.75) is 39.2 Å². The van der Waals surface area contributed by atoms with Gasteiger partial charge in [-0.25, -0.2) is 4.79 Å². The molecule has 3 N–H and O–H groups in total. The Hall–Kier alpha value is -1.59. The maximum atomic E-state index is 11.4. The van der Waals surface area contributed by atoms with E-state index in [-0.39, 0.29) is 30.7 Å². The zero-order valence-electron chi connectivity index (χ0n) is 10.7. The van der Waals surface area contributed by atoms with Crippen LogP contribution in [0.3, 0.4) is 0 Å². The first-order valence-corrected chi connectivity index (χ1v) is 6.25. The van der Waals surface area contributed by atoms with Crippen LogP contribution in [0.25, 0.3) is 0 Å². The van der Waals surface area contributed by atoms with Gasteiger partial charge >= 0.3 is 5.97 Å². The molecule has 2 amide bonds. The molecule has 0 aliphatic heterocycles. The van der Waals surface area contributed by atoms with Crippen LogP contribution in [0.2, 0.25) is 0 Å². The molecule has 0 aromatic carbocycles. The molecule has 0 saturated heterocycles. The molecule has 1 aliphatic rings. The van der Waals surface area contributed by atoms with Gasteiger partial charge in [-0.3, -0.25) is 9.59 Å². The van der Waals surface area contributed by atoms with E-state index in [1.54, 1.807) is 6.92 Å². The molecular weight excluding hydrogens is 236 g/mol. The molecule has 18 heavy (non-hydrogen) atoms. The SMILES string of the molecule is CC[C@@H](NC(=O)CCNC(=O)C1CC1C)C(=O)O. The van der Waals surface area contributed by atoms with E-state index >= 15 is 0 Å². The molecule has 1 rings (SSSR count). The van der Waals surface area contributed by atoms with Gasteiger partial charge in [0, 0.05) is 18.9 Å². The summed E-state index contributed by atoms with van der Waals surface area (Å²) < 4.78 is 0. The van der Waals surface area contributed by atoms with Crippen molar-refractivity contribution < 1.29 is 19.5 Å². The Morgan fingerprint density at radius 1 is 1.39 bits per heavy atom. The first kappa shape index (κ1) is 14.5. The number of hydrogen-bond donors (Lipinski definition) is 3. The quantitative estimate of drug-likeness (QED) is 0.603. The molecule has 1 saturated carbocycles. The van der Waals surface area contributed by atoms with Crippen LogP contribution >= 0.6 is 0 Å². The Bertz CT molecular complexity index is 343. The minimum atomic E-state index is -1.04. The van der Waals surface area contributed by atoms with E-state index in [1.165, 1.54) is 0 Å². The van der Waals surface area contributed by atoms with Crippen LogP contribution in [-0.4, -0.2) is 35.5 Å². The third kappa shape index (κ3) is 4.35. The van der Waals surface area contributed by atoms with Gasteiger partial charge in [-0.1, -0.05) is 13.8 Å². The second kappa shape index (κ2) is 6.37. The lowest BCUT2D eigenvalue weighted by atomic mass is 10.2. The molecule has 3 atom stereocenters. The molecule has 6 nitrogen and oxygen atoms in total. The van der Waals surface area contributed by atoms with Crippen LogP contribution in [0, 0.1) is 11.8 Å². The van der Waals surface area contributed by atoms with Crippen molar-refractivity contribution in [3.8, 4) is 0 Å². The van der Waals surface area contributed by atoms with Gasteiger partial charge in [-0.05, 0) is 18.8 Å². The zero-order valence-corrected chi connectivity index (χ0v) is 10.7. The van der Waals surface area contributed by atoms with Crippen LogP contribution in [0.1, 0.15) is 33.1 Å². The molecule has 102 valence electrons. The van der Waals surface area contributed by atoms with E-state index in [0.717, 1.165) is 6.42 Å². The van der Waals surface area contributed by atoms with E-state index in [4.69, 9.17) is 5.11 Å². The highest BCUT2D eigenvalue weighted by Gasteiger charge is 2.38. The second-order valence-corrected chi connectivity index (χ2v) is 4.73. The highest BCUT2D eigenvalue weighted by atomic mass is 16.4. The van der Waals surface area contributed by atoms with Gasteiger partial charge in [-0.2, -0.15) is 0 Å². The Labute approximate surface area is 106 Å². The first-order chi connectivity index (χ1) is 8.45. The summed E-state index contributed by atoms with van der Waals surface area (Å²) >= 11 is 0. The molecule has 1 aliphatic carbocycles. The van der Waals surface area contributed by atoms with E-state index in [9.17, 15) is 14.4 Å². The predicted molar refractivity (Wildman–Crippen MR) is 64.8 cm³/mol. The molecule has 0 bridgehead atoms. The normalized spacial score (nSPS) is 23.0. The van der Waals surface area contributed by atoms with E-state index in [1.807, 2.05) is 6.92 Å². The second-order valence-electron chi connectivity index (χ2n) is 4.73. The van der Waals surface area contributed by atoms with Gasteiger partial charge in [0.05, 0.1) is 0 Å². The van der Waals surface area contributed by atoms with Gasteiger partial charge in [0.25, 0.3) is 0 Å². The maximum absolute atomic E-state index is 11.4. The summed E-state index contributed by atoms with van der Waals surface area (Å²) in [5.74, 6) is -0.874. The first-order valence-electron chi connectivity index (χ1n) is 6.25. The third-order valence-corrected chi connectivity index (χ3v) is 3.14. The van der Waals surface area contributed by atoms with Crippen molar-refractivity contribution in [1.29, 1.82) is 0 Å². The van der Waals surface area contributed by atoms with Crippen molar-refractivity contribution >= 4 is 17.8 Å². The van der Waals surface area contributed by atoms with Gasteiger partial charge in [0.2, 0.25) is 11.8 Å². The average Bonchev–Trinajstić information content (AvgIpc) is 3.02. The predicted octanol–water partition coefficient (Wildman–Crippen LogP) is 0.128. The third-order valence-electron chi connectivity index (χ3n) is 3.14. The van der Waals surface area contributed by atoms with Crippen LogP contribution in [-0.2, 0) is 14.4 Å². The molecule has 2 unspecified atom stereocenters. The highest BCUT2D eigenvalue weighted by molar-refractivity contribution is 5.84. The summed E-state index contributed by atoms with van der Waals surface area (Å²) in [4.78, 5) is 33.6. The van der Waals surface area contributed by atoms with E-state index in [0.29, 0.717) is 12.3 Å². The standard InChI is InChI=1S/C12H20N2O4/c1-3-9(12(17)18)14-10(15)4-5-13-11(16)8-6-7(8)2/h7-9H,3-6H2,1-2H3,(H,13,16)(H,14,15)(H,17,18)/t7?,8?,9-/m1/s1. The summed E-state index contributed by atoms with van der Waals surface area (Å²) in [6.07, 6.45) is 1.36. The van der Waals surface area contributed by atoms with Crippen LogP contribution in [0.5, 0.6) is 0 Å². The summed E-state index contributed by atoms with van der Waals surface area (Å²) in [6.45, 7) is 3.95. The number of hydrogen-bond acceptors (Lipinski definition) is 3.